The van der Waals surface area contributed by atoms with Crippen LogP contribution in [0.5, 0.6) is 0 Å². The van der Waals surface area contributed by atoms with Gasteiger partial charge in [-0.25, -0.2) is 0 Å². The number of hydrogen-bond donors (Lipinski definition) is 0. The summed E-state index contributed by atoms with van der Waals surface area (Å²) in [5.74, 6) is 0.846. The number of fused-ring (bicyclic) bond motifs is 6. The Morgan fingerprint density at radius 1 is 0.474 bits per heavy atom. The lowest BCUT2D eigenvalue weighted by Crippen LogP contribution is -1.91. The van der Waals surface area contributed by atoms with Crippen molar-refractivity contribution in [2.45, 2.75) is 0 Å². The van der Waals surface area contributed by atoms with Gasteiger partial charge in [0.05, 0.1) is 0 Å². The van der Waals surface area contributed by atoms with E-state index in [0.717, 1.165) is 22.4 Å². The zero-order valence-corrected chi connectivity index (χ0v) is 21.2. The molecule has 3 nitrogen and oxygen atoms in total. The summed E-state index contributed by atoms with van der Waals surface area (Å²) in [5.41, 5.74) is 6.79. The van der Waals surface area contributed by atoms with Crippen LogP contribution in [0.3, 0.4) is 0 Å². The topological polar surface area (TPSA) is 30.2 Å². The lowest BCUT2D eigenvalue weighted by Gasteiger charge is -2.09. The molecule has 5 aromatic carbocycles. The van der Waals surface area contributed by atoms with Gasteiger partial charge < -0.3 is 0 Å². The number of aromatic nitrogens is 3. The third-order valence-electron chi connectivity index (χ3n) is 7.38. The Labute approximate surface area is 223 Å². The van der Waals surface area contributed by atoms with Gasteiger partial charge in [-0.15, -0.1) is 21.5 Å². The molecule has 0 unspecified atom stereocenters. The fraction of sp³-hybridized carbons (Fsp3) is 0. The van der Waals surface area contributed by atoms with Crippen LogP contribution in [0.15, 0.2) is 128 Å². The Morgan fingerprint density at radius 3 is 2.03 bits per heavy atom. The first-order valence-electron chi connectivity index (χ1n) is 12.7. The molecule has 38 heavy (non-hydrogen) atoms. The molecule has 0 atom stereocenters. The van der Waals surface area contributed by atoms with Crippen LogP contribution < -0.4 is 0 Å². The van der Waals surface area contributed by atoms with Crippen LogP contribution >= 0.6 is 11.3 Å². The van der Waals surface area contributed by atoms with Crippen molar-refractivity contribution in [3.8, 4) is 33.6 Å². The van der Waals surface area contributed by atoms with E-state index in [9.17, 15) is 0 Å². The molecular formula is C34H21N3S. The predicted octanol–water partition coefficient (Wildman–Crippen LogP) is 9.25. The number of nitrogens with zero attached hydrogens (tertiary/aromatic N) is 3. The van der Waals surface area contributed by atoms with Crippen molar-refractivity contribution in [1.29, 1.82) is 0 Å². The lowest BCUT2D eigenvalue weighted by molar-refractivity contribution is 1.11. The smallest absolute Gasteiger partial charge is 0.168 e. The van der Waals surface area contributed by atoms with Crippen LogP contribution in [0.1, 0.15) is 0 Å². The SMILES string of the molecule is c1ccc(-c2cccc3c2ccn2c(-c4ccc(-c5cccc6c5sc5ccccc56)cc4)nnc32)cc1. The van der Waals surface area contributed by atoms with Crippen molar-refractivity contribution in [3.05, 3.63) is 128 Å². The summed E-state index contributed by atoms with van der Waals surface area (Å²) in [7, 11) is 0. The molecule has 0 aliphatic heterocycles. The maximum absolute atomic E-state index is 4.62. The van der Waals surface area contributed by atoms with Gasteiger partial charge >= 0.3 is 0 Å². The highest BCUT2D eigenvalue weighted by molar-refractivity contribution is 7.26. The molecule has 0 fully saturated rings. The van der Waals surface area contributed by atoms with E-state index in [2.05, 4.69) is 136 Å². The molecule has 0 aliphatic carbocycles. The van der Waals surface area contributed by atoms with Crippen LogP contribution in [0.25, 0.3) is 70.2 Å². The molecule has 0 bridgehead atoms. The van der Waals surface area contributed by atoms with Crippen LogP contribution in [0, 0.1) is 0 Å². The quantitative estimate of drug-likeness (QED) is 0.240. The van der Waals surface area contributed by atoms with Crippen molar-refractivity contribution >= 4 is 47.9 Å². The molecular weight excluding hydrogens is 482 g/mol. The van der Waals surface area contributed by atoms with E-state index < -0.39 is 0 Å². The summed E-state index contributed by atoms with van der Waals surface area (Å²) in [4.78, 5) is 0. The van der Waals surface area contributed by atoms with Gasteiger partial charge in [0.15, 0.2) is 11.5 Å². The molecule has 0 saturated carbocycles. The van der Waals surface area contributed by atoms with Gasteiger partial charge in [-0.2, -0.15) is 0 Å². The van der Waals surface area contributed by atoms with Crippen LogP contribution in [-0.2, 0) is 0 Å². The number of benzene rings is 5. The van der Waals surface area contributed by atoms with Gasteiger partial charge in [-0.1, -0.05) is 109 Å². The summed E-state index contributed by atoms with van der Waals surface area (Å²) in [5, 5.41) is 14.1. The summed E-state index contributed by atoms with van der Waals surface area (Å²) in [6, 6.07) is 43.0. The van der Waals surface area contributed by atoms with Crippen molar-refractivity contribution in [1.82, 2.24) is 14.6 Å². The van der Waals surface area contributed by atoms with E-state index in [4.69, 9.17) is 0 Å². The average Bonchev–Trinajstić information content (AvgIpc) is 3.59. The van der Waals surface area contributed by atoms with E-state index in [0.29, 0.717) is 0 Å². The van der Waals surface area contributed by atoms with Gasteiger partial charge in [0.2, 0.25) is 0 Å². The maximum atomic E-state index is 4.62. The first kappa shape index (κ1) is 21.3. The monoisotopic (exact) mass is 503 g/mol. The molecule has 8 rings (SSSR count). The van der Waals surface area contributed by atoms with Crippen molar-refractivity contribution in [2.24, 2.45) is 0 Å². The fourth-order valence-corrected chi connectivity index (χ4v) is 6.78. The lowest BCUT2D eigenvalue weighted by atomic mass is 9.99. The maximum Gasteiger partial charge on any atom is 0.168 e. The van der Waals surface area contributed by atoms with E-state index in [1.165, 1.54) is 47.8 Å². The Kier molecular flexibility index (Phi) is 4.69. The van der Waals surface area contributed by atoms with Gasteiger partial charge in [-0.3, -0.25) is 4.40 Å². The predicted molar refractivity (Wildman–Crippen MR) is 160 cm³/mol. The molecule has 178 valence electrons. The average molecular weight is 504 g/mol. The number of hydrogen-bond acceptors (Lipinski definition) is 3. The minimum atomic E-state index is 0.846. The first-order valence-corrected chi connectivity index (χ1v) is 13.5. The summed E-state index contributed by atoms with van der Waals surface area (Å²) in [6.07, 6.45) is 2.09. The van der Waals surface area contributed by atoms with E-state index >= 15 is 0 Å². The Morgan fingerprint density at radius 2 is 1.16 bits per heavy atom. The second-order valence-electron chi connectivity index (χ2n) is 9.52. The standard InChI is InChI=1S/C34H21N3S/c1-2-8-22(9-3-1)25-11-6-14-30-27(25)20-21-37-33(35-36-34(30)37)24-18-16-23(17-19-24)26-12-7-13-29-28-10-4-5-15-31(28)38-32(26)29/h1-21H. The van der Waals surface area contributed by atoms with Crippen LogP contribution in [-0.4, -0.2) is 14.6 Å². The second-order valence-corrected chi connectivity index (χ2v) is 10.6. The van der Waals surface area contributed by atoms with Crippen LogP contribution in [0.4, 0.5) is 0 Å². The van der Waals surface area contributed by atoms with E-state index in [1.54, 1.807) is 0 Å². The molecule has 0 aliphatic rings. The van der Waals surface area contributed by atoms with Crippen molar-refractivity contribution < 1.29 is 0 Å². The molecule has 0 N–H and O–H groups in total. The highest BCUT2D eigenvalue weighted by Crippen LogP contribution is 2.40. The normalized spacial score (nSPS) is 11.7. The van der Waals surface area contributed by atoms with Gasteiger partial charge in [0.25, 0.3) is 0 Å². The zero-order chi connectivity index (χ0) is 25.1. The summed E-state index contributed by atoms with van der Waals surface area (Å²) < 4.78 is 4.75. The highest BCUT2D eigenvalue weighted by Gasteiger charge is 2.14. The van der Waals surface area contributed by atoms with Gasteiger partial charge in [-0.05, 0) is 39.8 Å². The molecule has 0 radical (unpaired) electrons. The minimum Gasteiger partial charge on any atom is -0.282 e. The largest absolute Gasteiger partial charge is 0.282 e. The Hall–Kier alpha value is -4.80. The fourth-order valence-electron chi connectivity index (χ4n) is 5.54. The molecule has 0 spiro atoms. The summed E-state index contributed by atoms with van der Waals surface area (Å²) in [6.45, 7) is 0. The Bertz CT molecular complexity index is 2120. The molecule has 0 saturated heterocycles. The number of thiophene rings is 1. The van der Waals surface area contributed by atoms with Gasteiger partial charge in [0, 0.05) is 37.3 Å². The third-order valence-corrected chi connectivity index (χ3v) is 8.60. The van der Waals surface area contributed by atoms with Crippen LogP contribution in [0.2, 0.25) is 0 Å². The first-order chi connectivity index (χ1) is 18.8. The molecule has 4 heteroatoms. The summed E-state index contributed by atoms with van der Waals surface area (Å²) >= 11 is 1.86. The highest BCUT2D eigenvalue weighted by atomic mass is 32.1. The third kappa shape index (κ3) is 3.21. The minimum absolute atomic E-state index is 0.846. The van der Waals surface area contributed by atoms with E-state index in [-0.39, 0.29) is 0 Å². The molecule has 3 heterocycles. The molecule has 8 aromatic rings. The number of pyridine rings is 1. The zero-order valence-electron chi connectivity index (χ0n) is 20.4. The van der Waals surface area contributed by atoms with Crippen molar-refractivity contribution in [2.75, 3.05) is 0 Å². The second kappa shape index (κ2) is 8.37. The Balaban J connectivity index is 1.22. The molecule has 3 aromatic heterocycles. The van der Waals surface area contributed by atoms with Crippen molar-refractivity contribution in [3.63, 3.8) is 0 Å². The molecule has 0 amide bonds. The van der Waals surface area contributed by atoms with E-state index in [1.807, 2.05) is 17.4 Å². The van der Waals surface area contributed by atoms with Gasteiger partial charge in [0.1, 0.15) is 0 Å². The number of rotatable bonds is 3.